The number of hydrogen-bond acceptors (Lipinski definition) is 4. The Hall–Kier alpha value is -2.56. The molecule has 1 aliphatic heterocycles. The highest BCUT2D eigenvalue weighted by molar-refractivity contribution is 5.45. The molecule has 3 atom stereocenters. The van der Waals surface area contributed by atoms with E-state index in [4.69, 9.17) is 15.7 Å². The molecule has 2 N–H and O–H groups in total. The van der Waals surface area contributed by atoms with Gasteiger partial charge in [-0.05, 0) is 55.1 Å². The van der Waals surface area contributed by atoms with E-state index in [1.807, 2.05) is 24.3 Å². The number of fused-ring (bicyclic) bond motifs is 1. The van der Waals surface area contributed by atoms with Crippen molar-refractivity contribution in [3.05, 3.63) is 64.7 Å². The summed E-state index contributed by atoms with van der Waals surface area (Å²) in [7, 11) is 0. The zero-order chi connectivity index (χ0) is 20.6. The molecule has 152 valence electrons. The third-order valence-corrected chi connectivity index (χ3v) is 5.77. The summed E-state index contributed by atoms with van der Waals surface area (Å²) in [6.07, 6.45) is -2.50. The molecule has 4 rings (SSSR count). The number of piperidine rings is 1. The predicted molar refractivity (Wildman–Crippen MR) is 102 cm³/mol. The van der Waals surface area contributed by atoms with Gasteiger partial charge in [0.05, 0.1) is 23.2 Å². The molecule has 0 aromatic heterocycles. The second-order valence-electron chi connectivity index (χ2n) is 7.73. The highest BCUT2D eigenvalue weighted by Crippen LogP contribution is 2.43. The van der Waals surface area contributed by atoms with Gasteiger partial charge in [-0.2, -0.15) is 18.4 Å². The second-order valence-corrected chi connectivity index (χ2v) is 7.73. The van der Waals surface area contributed by atoms with E-state index in [0.29, 0.717) is 13.0 Å². The van der Waals surface area contributed by atoms with Crippen LogP contribution in [0, 0.1) is 11.3 Å². The molecule has 0 saturated carbocycles. The lowest BCUT2D eigenvalue weighted by Gasteiger charge is -2.38. The van der Waals surface area contributed by atoms with Crippen LogP contribution in [0.25, 0.3) is 0 Å². The summed E-state index contributed by atoms with van der Waals surface area (Å²) >= 11 is 0. The van der Waals surface area contributed by atoms with Crippen LogP contribution in [0.2, 0.25) is 0 Å². The Labute approximate surface area is 167 Å². The number of rotatable bonds is 3. The highest BCUT2D eigenvalue weighted by atomic mass is 19.4. The first kappa shape index (κ1) is 19.7. The van der Waals surface area contributed by atoms with Crippen LogP contribution in [0.5, 0.6) is 5.75 Å². The molecular weight excluding hydrogens is 379 g/mol. The van der Waals surface area contributed by atoms with Crippen LogP contribution >= 0.6 is 0 Å². The molecule has 1 saturated heterocycles. The number of halogens is 3. The van der Waals surface area contributed by atoms with Crippen molar-refractivity contribution in [3.8, 4) is 11.8 Å². The summed E-state index contributed by atoms with van der Waals surface area (Å²) in [5, 5.41) is 8.99. The molecule has 2 aromatic rings. The minimum Gasteiger partial charge on any atom is -0.483 e. The molecule has 29 heavy (non-hydrogen) atoms. The Morgan fingerprint density at radius 2 is 1.97 bits per heavy atom. The first-order valence-corrected chi connectivity index (χ1v) is 9.72. The molecule has 2 aliphatic rings. The molecule has 1 heterocycles. The molecule has 2 aromatic carbocycles. The molecule has 0 bridgehead atoms. The van der Waals surface area contributed by atoms with Crippen molar-refractivity contribution in [2.45, 2.75) is 43.6 Å². The Morgan fingerprint density at radius 1 is 1.17 bits per heavy atom. The maximum absolute atomic E-state index is 13.6. The van der Waals surface area contributed by atoms with Gasteiger partial charge in [0, 0.05) is 12.6 Å². The summed E-state index contributed by atoms with van der Waals surface area (Å²) in [4.78, 5) is 2.25. The fraction of sp³-hybridized carbons (Fsp3) is 0.409. The normalized spacial score (nSPS) is 24.7. The molecular formula is C22H22F3N3O. The van der Waals surface area contributed by atoms with Gasteiger partial charge in [0.1, 0.15) is 11.9 Å². The largest absolute Gasteiger partial charge is 0.483 e. The van der Waals surface area contributed by atoms with Gasteiger partial charge in [-0.3, -0.25) is 4.90 Å². The summed E-state index contributed by atoms with van der Waals surface area (Å²) in [5.74, 6) is -0.246. The van der Waals surface area contributed by atoms with E-state index in [1.54, 1.807) is 6.07 Å². The quantitative estimate of drug-likeness (QED) is 0.843. The highest BCUT2D eigenvalue weighted by Gasteiger charge is 2.41. The maximum atomic E-state index is 13.6. The first-order valence-electron chi connectivity index (χ1n) is 9.72. The van der Waals surface area contributed by atoms with Gasteiger partial charge in [0.15, 0.2) is 0 Å². The number of ether oxygens (including phenoxy) is 1. The maximum Gasteiger partial charge on any atom is 0.420 e. The van der Waals surface area contributed by atoms with E-state index < -0.39 is 17.8 Å². The summed E-state index contributed by atoms with van der Waals surface area (Å²) < 4.78 is 46.9. The van der Waals surface area contributed by atoms with E-state index in [0.717, 1.165) is 36.6 Å². The molecule has 7 heteroatoms. The van der Waals surface area contributed by atoms with Crippen LogP contribution < -0.4 is 10.5 Å². The van der Waals surface area contributed by atoms with E-state index in [2.05, 4.69) is 4.90 Å². The number of nitriles is 1. The summed E-state index contributed by atoms with van der Waals surface area (Å²) in [6.45, 7) is 1.56. The predicted octanol–water partition coefficient (Wildman–Crippen LogP) is 4.04. The third kappa shape index (κ3) is 3.96. The monoisotopic (exact) mass is 401 g/mol. The smallest absolute Gasteiger partial charge is 0.420 e. The Balaban J connectivity index is 1.71. The first-order chi connectivity index (χ1) is 13.9. The number of likely N-dealkylation sites (tertiary alicyclic amines) is 1. The van der Waals surface area contributed by atoms with Crippen molar-refractivity contribution >= 4 is 0 Å². The lowest BCUT2D eigenvalue weighted by molar-refractivity contribution is -0.139. The molecule has 0 radical (unpaired) electrons. The van der Waals surface area contributed by atoms with E-state index in [9.17, 15) is 13.2 Å². The van der Waals surface area contributed by atoms with Crippen LogP contribution in [0.4, 0.5) is 13.2 Å². The van der Waals surface area contributed by atoms with Crippen molar-refractivity contribution in [3.63, 3.8) is 0 Å². The fourth-order valence-electron chi connectivity index (χ4n) is 4.40. The lowest BCUT2D eigenvalue weighted by Crippen LogP contribution is -2.49. The Bertz CT molecular complexity index is 938. The molecule has 0 spiro atoms. The van der Waals surface area contributed by atoms with Gasteiger partial charge in [-0.15, -0.1) is 0 Å². The molecule has 0 amide bonds. The number of benzene rings is 2. The molecule has 1 fully saturated rings. The number of alkyl halides is 3. The van der Waals surface area contributed by atoms with Gasteiger partial charge < -0.3 is 10.5 Å². The minimum absolute atomic E-state index is 0.0462. The molecule has 1 aliphatic carbocycles. The summed E-state index contributed by atoms with van der Waals surface area (Å²) in [6, 6.07) is 12.9. The number of nitrogens with two attached hydrogens (primary N) is 1. The number of hydrogen-bond donors (Lipinski definition) is 1. The van der Waals surface area contributed by atoms with Crippen molar-refractivity contribution in [2.24, 2.45) is 5.73 Å². The van der Waals surface area contributed by atoms with Gasteiger partial charge in [-0.1, -0.05) is 24.3 Å². The lowest BCUT2D eigenvalue weighted by atomic mass is 10.0. The van der Waals surface area contributed by atoms with Crippen molar-refractivity contribution < 1.29 is 17.9 Å². The molecule has 0 unspecified atom stereocenters. The van der Waals surface area contributed by atoms with Crippen LogP contribution in [-0.2, 0) is 12.6 Å². The average molecular weight is 401 g/mol. The van der Waals surface area contributed by atoms with Gasteiger partial charge in [0.25, 0.3) is 0 Å². The minimum atomic E-state index is -4.61. The van der Waals surface area contributed by atoms with Crippen LogP contribution in [-0.4, -0.2) is 30.1 Å². The van der Waals surface area contributed by atoms with Gasteiger partial charge in [0.2, 0.25) is 0 Å². The summed E-state index contributed by atoms with van der Waals surface area (Å²) in [5.41, 5.74) is 7.18. The Kier molecular flexibility index (Phi) is 5.24. The van der Waals surface area contributed by atoms with Crippen molar-refractivity contribution in [1.82, 2.24) is 4.90 Å². The standard InChI is InChI=1S/C22H22F3N3O/c23-22(24,25)18-10-14(12-26)7-8-20(18)29-21-17-6-2-1-4-15(17)11-19(21)28-9-3-5-16(27)13-28/h1-2,4,6-8,10,16,19,21H,3,5,9,11,13,27H2/t16-,19+,21+/m0/s1. The van der Waals surface area contributed by atoms with Crippen LogP contribution in [0.3, 0.4) is 0 Å². The van der Waals surface area contributed by atoms with Gasteiger partial charge in [-0.25, -0.2) is 0 Å². The van der Waals surface area contributed by atoms with Crippen molar-refractivity contribution in [1.29, 1.82) is 5.26 Å². The average Bonchev–Trinajstić information content (AvgIpc) is 3.06. The topological polar surface area (TPSA) is 62.3 Å². The Morgan fingerprint density at radius 3 is 2.69 bits per heavy atom. The van der Waals surface area contributed by atoms with E-state index >= 15 is 0 Å². The van der Waals surface area contributed by atoms with E-state index in [1.165, 1.54) is 12.1 Å². The zero-order valence-corrected chi connectivity index (χ0v) is 15.8. The van der Waals surface area contributed by atoms with Crippen LogP contribution in [0.15, 0.2) is 42.5 Å². The second kappa shape index (κ2) is 7.69. The van der Waals surface area contributed by atoms with Crippen LogP contribution in [0.1, 0.15) is 41.2 Å². The fourth-order valence-corrected chi connectivity index (χ4v) is 4.40. The zero-order valence-electron chi connectivity index (χ0n) is 15.8. The number of nitrogens with zero attached hydrogens (tertiary/aromatic N) is 2. The SMILES string of the molecule is N#Cc1ccc(O[C@@H]2c3ccccc3C[C@H]2N2CCC[C@H](N)C2)c(C(F)(F)F)c1. The van der Waals surface area contributed by atoms with E-state index in [-0.39, 0.29) is 23.4 Å². The van der Waals surface area contributed by atoms with Crippen molar-refractivity contribution in [2.75, 3.05) is 13.1 Å². The third-order valence-electron chi connectivity index (χ3n) is 5.77. The van der Waals surface area contributed by atoms with Gasteiger partial charge >= 0.3 is 6.18 Å². The molecule has 4 nitrogen and oxygen atoms in total.